The van der Waals surface area contributed by atoms with Crippen molar-refractivity contribution in [1.82, 2.24) is 9.80 Å². The highest BCUT2D eigenvalue weighted by molar-refractivity contribution is 7.80. The average molecular weight is 516 g/mol. The first-order valence-electron chi connectivity index (χ1n) is 11.0. The Balaban J connectivity index is 1.76. The summed E-state index contributed by atoms with van der Waals surface area (Å²) in [4.78, 5) is 4.40. The van der Waals surface area contributed by atoms with Crippen LogP contribution in [0, 0.1) is 0 Å². The van der Waals surface area contributed by atoms with Gasteiger partial charge in [0.1, 0.15) is 0 Å². The summed E-state index contributed by atoms with van der Waals surface area (Å²) in [5.41, 5.74) is 0.620. The smallest absolute Gasteiger partial charge is 0.417 e. The maximum absolute atomic E-state index is 13.0. The van der Waals surface area contributed by atoms with Gasteiger partial charge in [-0.1, -0.05) is 17.7 Å². The van der Waals surface area contributed by atoms with E-state index >= 15 is 0 Å². The summed E-state index contributed by atoms with van der Waals surface area (Å²) in [6.45, 7) is 2.54. The van der Waals surface area contributed by atoms with Gasteiger partial charge in [-0.05, 0) is 87.5 Å². The molecule has 0 radical (unpaired) electrons. The zero-order valence-electron chi connectivity index (χ0n) is 19.4. The van der Waals surface area contributed by atoms with E-state index in [2.05, 4.69) is 22.2 Å². The Morgan fingerprint density at radius 3 is 2.38 bits per heavy atom. The van der Waals surface area contributed by atoms with Gasteiger partial charge in [0.05, 0.1) is 24.8 Å². The van der Waals surface area contributed by atoms with Gasteiger partial charge in [0.25, 0.3) is 0 Å². The van der Waals surface area contributed by atoms with Crippen LogP contribution in [0.4, 0.5) is 18.9 Å². The molecule has 2 aromatic carbocycles. The molecule has 1 aliphatic rings. The molecule has 1 aliphatic heterocycles. The van der Waals surface area contributed by atoms with Crippen molar-refractivity contribution in [3.05, 3.63) is 52.5 Å². The molecule has 0 bridgehead atoms. The van der Waals surface area contributed by atoms with Crippen LogP contribution in [0.1, 0.15) is 24.0 Å². The Bertz CT molecular complexity index is 998. The van der Waals surface area contributed by atoms with Crippen molar-refractivity contribution in [2.45, 2.75) is 31.5 Å². The van der Waals surface area contributed by atoms with E-state index < -0.39 is 11.7 Å². The Morgan fingerprint density at radius 1 is 1.12 bits per heavy atom. The number of benzene rings is 2. The molecule has 0 spiro atoms. The number of halogens is 4. The zero-order chi connectivity index (χ0) is 24.9. The molecule has 1 N–H and O–H groups in total. The lowest BCUT2D eigenvalue weighted by Crippen LogP contribution is -2.48. The fourth-order valence-electron chi connectivity index (χ4n) is 4.06. The lowest BCUT2D eigenvalue weighted by Gasteiger charge is -2.39. The number of piperidine rings is 1. The van der Waals surface area contributed by atoms with E-state index in [0.29, 0.717) is 35.3 Å². The van der Waals surface area contributed by atoms with Gasteiger partial charge in [-0.25, -0.2) is 0 Å². The van der Waals surface area contributed by atoms with E-state index in [1.165, 1.54) is 12.1 Å². The first kappa shape index (κ1) is 26.4. The Morgan fingerprint density at radius 2 is 1.79 bits per heavy atom. The number of nitrogens with zero attached hydrogens (tertiary/aromatic N) is 2. The van der Waals surface area contributed by atoms with Crippen molar-refractivity contribution in [2.24, 2.45) is 0 Å². The molecule has 2 aromatic rings. The number of anilines is 1. The van der Waals surface area contributed by atoms with Crippen LogP contribution < -0.4 is 14.8 Å². The number of rotatable bonds is 7. The van der Waals surface area contributed by atoms with Crippen LogP contribution >= 0.6 is 23.8 Å². The third-order valence-electron chi connectivity index (χ3n) is 6.00. The fourth-order valence-corrected chi connectivity index (χ4v) is 4.71. The van der Waals surface area contributed by atoms with E-state index in [-0.39, 0.29) is 11.1 Å². The number of methoxy groups -OCH3 is 2. The Kier molecular flexibility index (Phi) is 8.89. The molecular formula is C24H29ClF3N3O2S. The summed E-state index contributed by atoms with van der Waals surface area (Å²) in [5.74, 6) is 1.32. The second-order valence-electron chi connectivity index (χ2n) is 8.29. The van der Waals surface area contributed by atoms with Crippen molar-refractivity contribution >= 4 is 34.6 Å². The molecule has 3 rings (SSSR count). The molecule has 34 heavy (non-hydrogen) atoms. The Hall–Kier alpha value is -2.23. The number of thiocarbonyl (C=S) groups is 1. The molecule has 1 saturated heterocycles. The number of likely N-dealkylation sites (tertiary alicyclic amines) is 1. The SMILES string of the molecule is COc1ccc(CCN(C(=S)Nc2ccc(C(F)(F)F)c(Cl)c2)C2CCN(C)CC2)cc1OC. The summed E-state index contributed by atoms with van der Waals surface area (Å²) in [6, 6.07) is 9.60. The van der Waals surface area contributed by atoms with Crippen molar-refractivity contribution < 1.29 is 22.6 Å². The van der Waals surface area contributed by atoms with Crippen LogP contribution in [0.5, 0.6) is 11.5 Å². The molecule has 5 nitrogen and oxygen atoms in total. The quantitative estimate of drug-likeness (QED) is 0.476. The summed E-state index contributed by atoms with van der Waals surface area (Å²) < 4.78 is 49.9. The van der Waals surface area contributed by atoms with Gasteiger partial charge in [-0.15, -0.1) is 0 Å². The molecule has 186 valence electrons. The maximum atomic E-state index is 13.0. The predicted octanol–water partition coefficient (Wildman–Crippen LogP) is 5.71. The minimum atomic E-state index is -4.50. The minimum absolute atomic E-state index is 0.223. The van der Waals surface area contributed by atoms with Crippen LogP contribution in [0.15, 0.2) is 36.4 Å². The van der Waals surface area contributed by atoms with Crippen molar-refractivity contribution in [1.29, 1.82) is 0 Å². The maximum Gasteiger partial charge on any atom is 0.417 e. The summed E-state index contributed by atoms with van der Waals surface area (Å²) in [5, 5.41) is 3.19. The average Bonchev–Trinajstić information content (AvgIpc) is 2.79. The standard InChI is InChI=1S/C24H29ClF3N3O2S/c1-30-11-9-18(10-12-30)31(13-8-16-4-7-21(32-2)22(14-16)33-3)23(34)29-17-5-6-19(20(25)15-17)24(26,27)28/h4-7,14-15,18H,8-13H2,1-3H3,(H,29,34). The number of alkyl halides is 3. The minimum Gasteiger partial charge on any atom is -0.493 e. The number of hydrogen-bond acceptors (Lipinski definition) is 4. The first-order valence-corrected chi connectivity index (χ1v) is 11.7. The van der Waals surface area contributed by atoms with Crippen LogP contribution in [0.2, 0.25) is 5.02 Å². The van der Waals surface area contributed by atoms with Gasteiger partial charge in [-0.2, -0.15) is 13.2 Å². The largest absolute Gasteiger partial charge is 0.493 e. The van der Waals surface area contributed by atoms with E-state index in [1.807, 2.05) is 18.2 Å². The molecule has 0 atom stereocenters. The molecule has 0 unspecified atom stereocenters. The van der Waals surface area contributed by atoms with E-state index in [4.69, 9.17) is 33.3 Å². The summed E-state index contributed by atoms with van der Waals surface area (Å²) in [6.07, 6.45) is -1.91. The molecule has 1 fully saturated rings. The van der Waals surface area contributed by atoms with Gasteiger partial charge < -0.3 is 24.6 Å². The first-order chi connectivity index (χ1) is 16.1. The molecule has 0 aromatic heterocycles. The third kappa shape index (κ3) is 6.67. The molecule has 1 heterocycles. The number of nitrogens with one attached hydrogen (secondary N) is 1. The van der Waals surface area contributed by atoms with E-state index in [1.54, 1.807) is 14.2 Å². The topological polar surface area (TPSA) is 37.0 Å². The normalized spacial score (nSPS) is 15.1. The Labute approximate surface area is 208 Å². The fraction of sp³-hybridized carbons (Fsp3) is 0.458. The van der Waals surface area contributed by atoms with Crippen molar-refractivity contribution in [2.75, 3.05) is 46.2 Å². The monoisotopic (exact) mass is 515 g/mol. The van der Waals surface area contributed by atoms with Crippen molar-refractivity contribution in [3.63, 3.8) is 0 Å². The zero-order valence-corrected chi connectivity index (χ0v) is 21.0. The second kappa shape index (κ2) is 11.5. The lowest BCUT2D eigenvalue weighted by atomic mass is 10.0. The van der Waals surface area contributed by atoms with Crippen LogP contribution in [0.25, 0.3) is 0 Å². The molecular weight excluding hydrogens is 487 g/mol. The second-order valence-corrected chi connectivity index (χ2v) is 9.08. The van der Waals surface area contributed by atoms with Gasteiger partial charge in [0.2, 0.25) is 0 Å². The summed E-state index contributed by atoms with van der Waals surface area (Å²) in [7, 11) is 5.28. The van der Waals surface area contributed by atoms with Gasteiger partial charge in [0.15, 0.2) is 16.6 Å². The summed E-state index contributed by atoms with van der Waals surface area (Å²) >= 11 is 11.6. The predicted molar refractivity (Wildman–Crippen MR) is 133 cm³/mol. The molecule has 0 saturated carbocycles. The highest BCUT2D eigenvalue weighted by atomic mass is 35.5. The third-order valence-corrected chi connectivity index (χ3v) is 6.65. The molecule has 10 heteroatoms. The highest BCUT2D eigenvalue weighted by Crippen LogP contribution is 2.36. The number of ether oxygens (including phenoxy) is 2. The molecule has 0 aliphatic carbocycles. The van der Waals surface area contributed by atoms with Crippen LogP contribution in [0.3, 0.4) is 0 Å². The van der Waals surface area contributed by atoms with E-state index in [9.17, 15) is 13.2 Å². The van der Waals surface area contributed by atoms with Crippen LogP contribution in [-0.2, 0) is 12.6 Å². The lowest BCUT2D eigenvalue weighted by molar-refractivity contribution is -0.137. The van der Waals surface area contributed by atoms with E-state index in [0.717, 1.165) is 37.6 Å². The highest BCUT2D eigenvalue weighted by Gasteiger charge is 2.33. The van der Waals surface area contributed by atoms with Crippen LogP contribution in [-0.4, -0.2) is 61.9 Å². The van der Waals surface area contributed by atoms with Crippen molar-refractivity contribution in [3.8, 4) is 11.5 Å². The van der Waals surface area contributed by atoms with Gasteiger partial charge >= 0.3 is 6.18 Å². The van der Waals surface area contributed by atoms with Gasteiger partial charge in [0, 0.05) is 18.3 Å². The number of hydrogen-bond donors (Lipinski definition) is 1. The van der Waals surface area contributed by atoms with Gasteiger partial charge in [-0.3, -0.25) is 0 Å². The molecule has 0 amide bonds.